The van der Waals surface area contributed by atoms with Crippen LogP contribution in [0.15, 0.2) is 30.5 Å². The number of hydrogen-bond donors (Lipinski definition) is 1. The first kappa shape index (κ1) is 18.5. The van der Waals surface area contributed by atoms with Crippen molar-refractivity contribution in [3.05, 3.63) is 47.3 Å². The zero-order valence-corrected chi connectivity index (χ0v) is 16.0. The van der Waals surface area contributed by atoms with Crippen molar-refractivity contribution in [2.45, 2.75) is 19.8 Å². The van der Waals surface area contributed by atoms with Crippen LogP contribution in [0, 0.1) is 19.8 Å². The monoisotopic (exact) mass is 356 g/mol. The molecule has 0 spiro atoms. The fraction of sp³-hybridized carbons (Fsp3) is 0.500. The molecule has 1 amide bonds. The first-order valence-electron chi connectivity index (χ1n) is 9.11. The van der Waals surface area contributed by atoms with E-state index in [4.69, 9.17) is 4.74 Å². The van der Waals surface area contributed by atoms with Gasteiger partial charge in [0, 0.05) is 38.8 Å². The molecule has 1 saturated heterocycles. The van der Waals surface area contributed by atoms with E-state index in [9.17, 15) is 4.79 Å². The summed E-state index contributed by atoms with van der Waals surface area (Å²) in [5.74, 6) is 1.13. The molecule has 1 fully saturated rings. The number of aryl methyl sites for hydroxylation is 2. The van der Waals surface area contributed by atoms with Gasteiger partial charge in [0.15, 0.2) is 0 Å². The van der Waals surface area contributed by atoms with Gasteiger partial charge in [-0.25, -0.2) is 0 Å². The van der Waals surface area contributed by atoms with Crippen LogP contribution in [-0.4, -0.2) is 53.9 Å². The number of nitrogens with zero attached hydrogens (tertiary/aromatic N) is 3. The maximum atomic E-state index is 12.9. The molecule has 1 aromatic carbocycles. The number of hydrogen-bond acceptors (Lipinski definition) is 4. The largest absolute Gasteiger partial charge is 0.492 e. The Balaban J connectivity index is 1.58. The second-order valence-corrected chi connectivity index (χ2v) is 7.10. The molecule has 0 saturated carbocycles. The minimum absolute atomic E-state index is 0.0538. The number of nitrogens with one attached hydrogen (secondary N) is 1. The number of ether oxygens (including phenoxy) is 1. The number of likely N-dealkylation sites (N-methyl/N-ethyl adjacent to an activating group) is 1. The summed E-state index contributed by atoms with van der Waals surface area (Å²) in [6.45, 7) is 6.68. The van der Waals surface area contributed by atoms with E-state index in [0.717, 1.165) is 18.0 Å². The standard InChI is InChI=1S/C20H28N4O2/c1-14-6-5-7-16(10-14)26-9-8-23(3)20(25)19-12-21-11-18(19)17-13-22-24(4)15(17)2/h5-7,10,13,18-19,21H,8-9,11-12H2,1-4H3/t18-,19+/m1/s1. The normalized spacial score (nSPS) is 19.5. The molecule has 0 unspecified atom stereocenters. The smallest absolute Gasteiger partial charge is 0.227 e. The summed E-state index contributed by atoms with van der Waals surface area (Å²) in [6.07, 6.45) is 1.90. The quantitative estimate of drug-likeness (QED) is 0.859. The van der Waals surface area contributed by atoms with E-state index in [1.807, 2.05) is 56.2 Å². The average molecular weight is 356 g/mol. The van der Waals surface area contributed by atoms with Crippen LogP contribution in [0.2, 0.25) is 0 Å². The van der Waals surface area contributed by atoms with E-state index in [2.05, 4.69) is 17.3 Å². The van der Waals surface area contributed by atoms with Gasteiger partial charge in [0.05, 0.1) is 18.7 Å². The Morgan fingerprint density at radius 3 is 2.88 bits per heavy atom. The molecule has 2 atom stereocenters. The summed E-state index contributed by atoms with van der Waals surface area (Å²) in [6, 6.07) is 7.96. The minimum atomic E-state index is -0.0538. The van der Waals surface area contributed by atoms with Crippen molar-refractivity contribution in [2.75, 3.05) is 33.3 Å². The van der Waals surface area contributed by atoms with Crippen LogP contribution in [0.5, 0.6) is 5.75 Å². The van der Waals surface area contributed by atoms with Gasteiger partial charge in [-0.05, 0) is 37.1 Å². The molecule has 0 bridgehead atoms. The lowest BCUT2D eigenvalue weighted by Gasteiger charge is -2.24. The lowest BCUT2D eigenvalue weighted by Crippen LogP contribution is -2.38. The fourth-order valence-electron chi connectivity index (χ4n) is 3.54. The van der Waals surface area contributed by atoms with E-state index in [0.29, 0.717) is 19.7 Å². The van der Waals surface area contributed by atoms with Gasteiger partial charge in [-0.15, -0.1) is 0 Å². The van der Waals surface area contributed by atoms with Gasteiger partial charge in [0.2, 0.25) is 5.91 Å². The van der Waals surface area contributed by atoms with Crippen LogP contribution in [0.3, 0.4) is 0 Å². The predicted octanol–water partition coefficient (Wildman–Crippen LogP) is 1.88. The summed E-state index contributed by atoms with van der Waals surface area (Å²) in [7, 11) is 3.79. The molecule has 1 aliphatic heterocycles. The topological polar surface area (TPSA) is 59.4 Å². The summed E-state index contributed by atoms with van der Waals surface area (Å²) in [4.78, 5) is 14.7. The van der Waals surface area contributed by atoms with Crippen molar-refractivity contribution in [2.24, 2.45) is 13.0 Å². The molecule has 2 aromatic rings. The highest BCUT2D eigenvalue weighted by molar-refractivity contribution is 5.80. The van der Waals surface area contributed by atoms with Crippen LogP contribution in [0.4, 0.5) is 0 Å². The van der Waals surface area contributed by atoms with Crippen LogP contribution in [-0.2, 0) is 11.8 Å². The van der Waals surface area contributed by atoms with Crippen molar-refractivity contribution in [1.29, 1.82) is 0 Å². The van der Waals surface area contributed by atoms with Gasteiger partial charge in [-0.2, -0.15) is 5.10 Å². The number of rotatable bonds is 6. The average Bonchev–Trinajstić information content (AvgIpc) is 3.21. The van der Waals surface area contributed by atoms with Gasteiger partial charge in [-0.1, -0.05) is 12.1 Å². The van der Waals surface area contributed by atoms with Crippen molar-refractivity contribution in [3.8, 4) is 5.75 Å². The zero-order valence-electron chi connectivity index (χ0n) is 16.0. The molecule has 2 heterocycles. The van der Waals surface area contributed by atoms with Gasteiger partial charge in [0.1, 0.15) is 12.4 Å². The molecular weight excluding hydrogens is 328 g/mol. The van der Waals surface area contributed by atoms with Gasteiger partial charge >= 0.3 is 0 Å². The van der Waals surface area contributed by atoms with Gasteiger partial charge < -0.3 is 15.0 Å². The Morgan fingerprint density at radius 1 is 1.38 bits per heavy atom. The number of benzene rings is 1. The molecule has 1 aromatic heterocycles. The molecule has 1 aliphatic rings. The Morgan fingerprint density at radius 2 is 2.19 bits per heavy atom. The lowest BCUT2D eigenvalue weighted by atomic mass is 9.88. The van der Waals surface area contributed by atoms with Crippen molar-refractivity contribution in [1.82, 2.24) is 20.0 Å². The van der Waals surface area contributed by atoms with Crippen molar-refractivity contribution in [3.63, 3.8) is 0 Å². The maximum Gasteiger partial charge on any atom is 0.227 e. The van der Waals surface area contributed by atoms with Crippen LogP contribution in [0.1, 0.15) is 22.7 Å². The van der Waals surface area contributed by atoms with Crippen LogP contribution < -0.4 is 10.1 Å². The van der Waals surface area contributed by atoms with E-state index in [1.165, 1.54) is 11.1 Å². The minimum Gasteiger partial charge on any atom is -0.492 e. The summed E-state index contributed by atoms with van der Waals surface area (Å²) in [5.41, 5.74) is 3.46. The predicted molar refractivity (Wildman–Crippen MR) is 101 cm³/mol. The second-order valence-electron chi connectivity index (χ2n) is 7.10. The molecule has 3 rings (SSSR count). The number of carbonyl (C=O) groups excluding carboxylic acids is 1. The highest BCUT2D eigenvalue weighted by Crippen LogP contribution is 2.31. The van der Waals surface area contributed by atoms with Gasteiger partial charge in [-0.3, -0.25) is 9.48 Å². The first-order chi connectivity index (χ1) is 12.5. The maximum absolute atomic E-state index is 12.9. The Kier molecular flexibility index (Phi) is 5.61. The van der Waals surface area contributed by atoms with Crippen LogP contribution >= 0.6 is 0 Å². The van der Waals surface area contributed by atoms with Crippen molar-refractivity contribution >= 4 is 5.91 Å². The molecule has 140 valence electrons. The Hall–Kier alpha value is -2.34. The summed E-state index contributed by atoms with van der Waals surface area (Å²) >= 11 is 0. The third-order valence-corrected chi connectivity index (χ3v) is 5.27. The SMILES string of the molecule is Cc1cccc(OCCN(C)C(=O)[C@H]2CNC[C@@H]2c2cnn(C)c2C)c1. The number of amides is 1. The molecule has 0 aliphatic carbocycles. The third-order valence-electron chi connectivity index (χ3n) is 5.27. The number of aromatic nitrogens is 2. The highest BCUT2D eigenvalue weighted by atomic mass is 16.5. The zero-order chi connectivity index (χ0) is 18.7. The third kappa shape index (κ3) is 3.90. The molecule has 1 N–H and O–H groups in total. The van der Waals surface area contributed by atoms with E-state index >= 15 is 0 Å². The first-order valence-corrected chi connectivity index (χ1v) is 9.11. The van der Waals surface area contributed by atoms with Crippen molar-refractivity contribution < 1.29 is 9.53 Å². The molecule has 26 heavy (non-hydrogen) atoms. The van der Waals surface area contributed by atoms with Gasteiger partial charge in [0.25, 0.3) is 0 Å². The molecule has 6 nitrogen and oxygen atoms in total. The fourth-order valence-corrected chi connectivity index (χ4v) is 3.54. The summed E-state index contributed by atoms with van der Waals surface area (Å²) in [5, 5.41) is 7.70. The Labute approximate surface area is 155 Å². The highest BCUT2D eigenvalue weighted by Gasteiger charge is 2.37. The molecule has 0 radical (unpaired) electrons. The number of carbonyl (C=O) groups is 1. The lowest BCUT2D eigenvalue weighted by molar-refractivity contribution is -0.134. The Bertz CT molecular complexity index is 771. The van der Waals surface area contributed by atoms with E-state index in [-0.39, 0.29) is 17.7 Å². The van der Waals surface area contributed by atoms with E-state index in [1.54, 1.807) is 4.90 Å². The second kappa shape index (κ2) is 7.91. The molecular formula is C20H28N4O2. The van der Waals surface area contributed by atoms with Crippen LogP contribution in [0.25, 0.3) is 0 Å². The molecule has 6 heteroatoms. The van der Waals surface area contributed by atoms with E-state index < -0.39 is 0 Å². The summed E-state index contributed by atoms with van der Waals surface area (Å²) < 4.78 is 7.65.